The lowest BCUT2D eigenvalue weighted by Crippen LogP contribution is -2.27. The molecule has 0 fully saturated rings. The molecule has 15 heavy (non-hydrogen) atoms. The smallest absolute Gasteiger partial charge is 0.266 e. The quantitative estimate of drug-likeness (QED) is 0.807. The number of aliphatic hydroxyl groups is 1. The average Bonchev–Trinajstić information content (AvgIpc) is 2.15. The van der Waals surface area contributed by atoms with Crippen LogP contribution in [0, 0.1) is 0 Å². The molecule has 1 rings (SSSR count). The summed E-state index contributed by atoms with van der Waals surface area (Å²) in [6, 6.07) is 3.29. The van der Waals surface area contributed by atoms with Crippen LogP contribution < -0.4 is 5.56 Å². The minimum absolute atomic E-state index is 0.0608. The zero-order valence-electron chi connectivity index (χ0n) is 9.53. The van der Waals surface area contributed by atoms with Crippen molar-refractivity contribution >= 4 is 0 Å². The van der Waals surface area contributed by atoms with Crippen LogP contribution in [-0.4, -0.2) is 21.5 Å². The van der Waals surface area contributed by atoms with Gasteiger partial charge in [0.2, 0.25) is 0 Å². The molecule has 0 atom stereocenters. The van der Waals surface area contributed by atoms with E-state index in [-0.39, 0.29) is 17.6 Å². The Morgan fingerprint density at radius 2 is 2.07 bits per heavy atom. The highest BCUT2D eigenvalue weighted by Gasteiger charge is 2.16. The molecule has 0 aliphatic carbocycles. The number of aromatic nitrogens is 2. The Balaban J connectivity index is 3.01. The summed E-state index contributed by atoms with van der Waals surface area (Å²) in [6.45, 7) is 6.70. The molecule has 0 saturated heterocycles. The topological polar surface area (TPSA) is 55.1 Å². The zero-order valence-corrected chi connectivity index (χ0v) is 9.53. The van der Waals surface area contributed by atoms with Gasteiger partial charge in [-0.05, 0) is 12.5 Å². The van der Waals surface area contributed by atoms with E-state index in [1.165, 1.54) is 10.7 Å². The van der Waals surface area contributed by atoms with Gasteiger partial charge in [0.1, 0.15) is 0 Å². The molecule has 0 saturated carbocycles. The van der Waals surface area contributed by atoms with Crippen LogP contribution >= 0.6 is 0 Å². The summed E-state index contributed by atoms with van der Waals surface area (Å²) >= 11 is 0. The van der Waals surface area contributed by atoms with E-state index in [0.717, 1.165) is 5.69 Å². The maximum Gasteiger partial charge on any atom is 0.266 e. The van der Waals surface area contributed by atoms with Gasteiger partial charge in [-0.3, -0.25) is 4.79 Å². The largest absolute Gasteiger partial charge is 0.396 e. The Kier molecular flexibility index (Phi) is 3.63. The summed E-state index contributed by atoms with van der Waals surface area (Å²) in [5.74, 6) is 0. The van der Waals surface area contributed by atoms with Crippen LogP contribution in [0.2, 0.25) is 0 Å². The fraction of sp³-hybridized carbons (Fsp3) is 0.636. The molecule has 4 nitrogen and oxygen atoms in total. The van der Waals surface area contributed by atoms with Crippen LogP contribution in [0.5, 0.6) is 0 Å². The Bertz CT molecular complexity index is 377. The van der Waals surface area contributed by atoms with E-state index >= 15 is 0 Å². The number of hydrogen-bond donors (Lipinski definition) is 1. The first kappa shape index (κ1) is 11.9. The van der Waals surface area contributed by atoms with Crippen LogP contribution in [0.4, 0.5) is 0 Å². The fourth-order valence-electron chi connectivity index (χ4n) is 1.23. The summed E-state index contributed by atoms with van der Waals surface area (Å²) in [5, 5.41) is 13.0. The molecule has 1 N–H and O–H groups in total. The van der Waals surface area contributed by atoms with Crippen molar-refractivity contribution in [2.75, 3.05) is 6.61 Å². The number of hydrogen-bond acceptors (Lipinski definition) is 3. The second kappa shape index (κ2) is 4.57. The highest BCUT2D eigenvalue weighted by molar-refractivity contribution is 5.10. The number of rotatable bonds is 3. The van der Waals surface area contributed by atoms with Gasteiger partial charge < -0.3 is 5.11 Å². The van der Waals surface area contributed by atoms with Gasteiger partial charge in [0, 0.05) is 24.6 Å². The fourth-order valence-corrected chi connectivity index (χ4v) is 1.23. The van der Waals surface area contributed by atoms with E-state index in [0.29, 0.717) is 13.0 Å². The monoisotopic (exact) mass is 210 g/mol. The van der Waals surface area contributed by atoms with Gasteiger partial charge in [-0.2, -0.15) is 5.10 Å². The van der Waals surface area contributed by atoms with E-state index in [9.17, 15) is 4.79 Å². The zero-order chi connectivity index (χ0) is 11.5. The van der Waals surface area contributed by atoms with E-state index in [2.05, 4.69) is 25.9 Å². The molecule has 0 amide bonds. The molecule has 4 heteroatoms. The maximum absolute atomic E-state index is 11.4. The Morgan fingerprint density at radius 1 is 1.40 bits per heavy atom. The van der Waals surface area contributed by atoms with Crippen LogP contribution in [0.15, 0.2) is 16.9 Å². The second-order valence-electron chi connectivity index (χ2n) is 4.61. The molecule has 0 spiro atoms. The maximum atomic E-state index is 11.4. The van der Waals surface area contributed by atoms with Crippen molar-refractivity contribution in [1.29, 1.82) is 0 Å². The summed E-state index contributed by atoms with van der Waals surface area (Å²) in [6.07, 6.45) is 0.556. The SMILES string of the molecule is CC(C)(C)c1ccc(=O)n(CCCO)n1. The van der Waals surface area contributed by atoms with E-state index < -0.39 is 0 Å². The lowest BCUT2D eigenvalue weighted by atomic mass is 9.92. The van der Waals surface area contributed by atoms with Crippen molar-refractivity contribution in [3.63, 3.8) is 0 Å². The van der Waals surface area contributed by atoms with Gasteiger partial charge in [0.25, 0.3) is 5.56 Å². The minimum atomic E-state index is -0.114. The van der Waals surface area contributed by atoms with Gasteiger partial charge in [0.05, 0.1) is 5.69 Å². The van der Waals surface area contributed by atoms with Gasteiger partial charge in [0.15, 0.2) is 0 Å². The number of nitrogens with zero attached hydrogens (tertiary/aromatic N) is 2. The molecule has 0 aliphatic heterocycles. The average molecular weight is 210 g/mol. The first-order chi connectivity index (χ1) is 6.95. The predicted molar refractivity (Wildman–Crippen MR) is 58.9 cm³/mol. The van der Waals surface area contributed by atoms with E-state index in [4.69, 9.17) is 5.11 Å². The molecule has 0 aromatic carbocycles. The molecule has 0 bridgehead atoms. The van der Waals surface area contributed by atoms with E-state index in [1.54, 1.807) is 6.07 Å². The van der Waals surface area contributed by atoms with Crippen LogP contribution in [0.25, 0.3) is 0 Å². The standard InChI is InChI=1S/C11H18N2O2/c1-11(2,3)9-5-6-10(15)13(12-9)7-4-8-14/h5-6,14H,4,7-8H2,1-3H3. The van der Waals surface area contributed by atoms with Gasteiger partial charge in [-0.25, -0.2) is 4.68 Å². The van der Waals surface area contributed by atoms with Gasteiger partial charge in [-0.1, -0.05) is 20.8 Å². The minimum Gasteiger partial charge on any atom is -0.396 e. The molecule has 0 radical (unpaired) electrons. The normalized spacial score (nSPS) is 11.7. The summed E-state index contributed by atoms with van der Waals surface area (Å²) in [5.41, 5.74) is 0.714. The second-order valence-corrected chi connectivity index (χ2v) is 4.61. The molecule has 1 heterocycles. The van der Waals surface area contributed by atoms with Crippen LogP contribution in [0.3, 0.4) is 0 Å². The Hall–Kier alpha value is -1.16. The molecule has 1 aromatic heterocycles. The third kappa shape index (κ3) is 3.16. The highest BCUT2D eigenvalue weighted by Crippen LogP contribution is 2.17. The molecule has 0 unspecified atom stereocenters. The molecular formula is C11H18N2O2. The summed E-state index contributed by atoms with van der Waals surface area (Å²) < 4.78 is 1.41. The van der Waals surface area contributed by atoms with Crippen molar-refractivity contribution in [2.24, 2.45) is 0 Å². The Labute approximate surface area is 89.6 Å². The molecule has 1 aromatic rings. The van der Waals surface area contributed by atoms with Crippen molar-refractivity contribution in [2.45, 2.75) is 39.2 Å². The van der Waals surface area contributed by atoms with Crippen molar-refractivity contribution in [1.82, 2.24) is 9.78 Å². The van der Waals surface area contributed by atoms with E-state index in [1.807, 2.05) is 0 Å². The van der Waals surface area contributed by atoms with Gasteiger partial charge in [-0.15, -0.1) is 0 Å². The summed E-state index contributed by atoms with van der Waals surface area (Å²) in [4.78, 5) is 11.4. The van der Waals surface area contributed by atoms with Crippen LogP contribution in [0.1, 0.15) is 32.9 Å². The first-order valence-electron chi connectivity index (χ1n) is 5.14. The first-order valence-corrected chi connectivity index (χ1v) is 5.14. The van der Waals surface area contributed by atoms with Crippen molar-refractivity contribution in [3.8, 4) is 0 Å². The van der Waals surface area contributed by atoms with Gasteiger partial charge >= 0.3 is 0 Å². The lowest BCUT2D eigenvalue weighted by molar-refractivity contribution is 0.274. The van der Waals surface area contributed by atoms with Crippen molar-refractivity contribution in [3.05, 3.63) is 28.2 Å². The third-order valence-corrected chi connectivity index (χ3v) is 2.16. The van der Waals surface area contributed by atoms with Crippen molar-refractivity contribution < 1.29 is 5.11 Å². The van der Waals surface area contributed by atoms with Crippen LogP contribution in [-0.2, 0) is 12.0 Å². The molecule has 0 aliphatic rings. The lowest BCUT2D eigenvalue weighted by Gasteiger charge is -2.18. The number of aliphatic hydroxyl groups excluding tert-OH is 1. The number of aryl methyl sites for hydroxylation is 1. The molecule has 84 valence electrons. The molecular weight excluding hydrogens is 192 g/mol. The third-order valence-electron chi connectivity index (χ3n) is 2.16. The highest BCUT2D eigenvalue weighted by atomic mass is 16.3. The summed E-state index contributed by atoms with van der Waals surface area (Å²) in [7, 11) is 0. The predicted octanol–water partition coefficient (Wildman–Crippen LogP) is 0.923. The Morgan fingerprint density at radius 3 is 2.60 bits per heavy atom.